The summed E-state index contributed by atoms with van der Waals surface area (Å²) in [5, 5.41) is 5.28. The topological polar surface area (TPSA) is 95.1 Å². The van der Waals surface area contributed by atoms with E-state index in [1.807, 2.05) is 6.07 Å². The number of ether oxygens (including phenoxy) is 4. The Kier molecular flexibility index (Phi) is 7.47. The first-order chi connectivity index (χ1) is 17.8. The van der Waals surface area contributed by atoms with Crippen LogP contribution in [0.1, 0.15) is 23.6 Å². The lowest BCUT2D eigenvalue weighted by molar-refractivity contribution is 0.248. The van der Waals surface area contributed by atoms with Gasteiger partial charge in [0.2, 0.25) is 11.2 Å². The van der Waals surface area contributed by atoms with E-state index in [-0.39, 0.29) is 16.9 Å². The zero-order valence-electron chi connectivity index (χ0n) is 20.7. The molecule has 0 aliphatic heterocycles. The SMILES string of the molecule is COc1cc2c(c(OC)c1OC)-c1ccc(OC)c(=O)cc1[C@@H](NC(=O)Nc1cc(F)cc(F)c1)CC2. The summed E-state index contributed by atoms with van der Waals surface area (Å²) >= 11 is 0. The van der Waals surface area contributed by atoms with Crippen LogP contribution in [-0.2, 0) is 6.42 Å². The molecule has 0 aromatic heterocycles. The number of hydrogen-bond donors (Lipinski definition) is 2. The fourth-order valence-electron chi connectivity index (χ4n) is 4.57. The van der Waals surface area contributed by atoms with Crippen molar-refractivity contribution in [2.24, 2.45) is 0 Å². The van der Waals surface area contributed by atoms with Crippen molar-refractivity contribution in [3.63, 3.8) is 0 Å². The quantitative estimate of drug-likeness (QED) is 0.491. The van der Waals surface area contributed by atoms with Gasteiger partial charge in [-0.25, -0.2) is 13.6 Å². The Bertz CT molecular complexity index is 1390. The molecule has 1 aliphatic rings. The van der Waals surface area contributed by atoms with Gasteiger partial charge in [0.25, 0.3) is 0 Å². The summed E-state index contributed by atoms with van der Waals surface area (Å²) in [5.74, 6) is -0.262. The molecule has 2 amide bonds. The molecule has 1 atom stereocenters. The van der Waals surface area contributed by atoms with Crippen LogP contribution in [-0.4, -0.2) is 34.5 Å². The highest BCUT2D eigenvalue weighted by Gasteiger charge is 2.30. The normalized spacial score (nSPS) is 13.9. The van der Waals surface area contributed by atoms with Gasteiger partial charge >= 0.3 is 6.03 Å². The van der Waals surface area contributed by atoms with Gasteiger partial charge in [-0.15, -0.1) is 0 Å². The largest absolute Gasteiger partial charge is 0.493 e. The average Bonchev–Trinajstić information content (AvgIpc) is 3.10. The van der Waals surface area contributed by atoms with Crippen molar-refractivity contribution >= 4 is 11.7 Å². The van der Waals surface area contributed by atoms with E-state index in [0.717, 1.165) is 17.7 Å². The standard InChI is InChI=1S/C27H26F2N2O6/c1-34-22-8-6-18-19(13-21(22)32)20(31-27(33)30-17-11-15(28)10-16(29)12-17)7-5-14-9-23(35-2)25(36-3)26(37-4)24(14)18/h6,8-13,20H,5,7H2,1-4H3,(H2,30,31,33)/t20-/m0/s1. The third-order valence-corrected chi connectivity index (χ3v) is 6.15. The predicted octanol–water partition coefficient (Wildman–Crippen LogP) is 4.84. The third kappa shape index (κ3) is 5.13. The van der Waals surface area contributed by atoms with Gasteiger partial charge in [-0.2, -0.15) is 0 Å². The molecule has 194 valence electrons. The minimum absolute atomic E-state index is 0.0481. The number of benzene rings is 2. The Hall–Kier alpha value is -4.34. The second-order valence-corrected chi connectivity index (χ2v) is 8.31. The molecule has 0 unspecified atom stereocenters. The van der Waals surface area contributed by atoms with E-state index >= 15 is 0 Å². The number of anilines is 1. The monoisotopic (exact) mass is 512 g/mol. The first kappa shape index (κ1) is 25.7. The van der Waals surface area contributed by atoms with E-state index in [4.69, 9.17) is 18.9 Å². The van der Waals surface area contributed by atoms with Crippen molar-refractivity contribution < 1.29 is 32.5 Å². The van der Waals surface area contributed by atoms with Gasteiger partial charge in [0.15, 0.2) is 17.2 Å². The lowest BCUT2D eigenvalue weighted by Gasteiger charge is -2.20. The van der Waals surface area contributed by atoms with Gasteiger partial charge in [-0.3, -0.25) is 4.79 Å². The van der Waals surface area contributed by atoms with Crippen LogP contribution >= 0.6 is 0 Å². The number of methoxy groups -OCH3 is 4. The van der Waals surface area contributed by atoms with Gasteiger partial charge in [-0.1, -0.05) is 6.07 Å². The van der Waals surface area contributed by atoms with E-state index in [2.05, 4.69) is 10.6 Å². The first-order valence-corrected chi connectivity index (χ1v) is 11.4. The molecule has 8 nitrogen and oxygen atoms in total. The maximum Gasteiger partial charge on any atom is 0.319 e. The van der Waals surface area contributed by atoms with Crippen molar-refractivity contribution in [2.45, 2.75) is 18.9 Å². The number of carbonyl (C=O) groups excluding carboxylic acids is 1. The molecule has 0 saturated heterocycles. The van der Waals surface area contributed by atoms with Crippen molar-refractivity contribution in [1.29, 1.82) is 0 Å². The zero-order valence-corrected chi connectivity index (χ0v) is 20.7. The summed E-state index contributed by atoms with van der Waals surface area (Å²) < 4.78 is 49.3. The molecule has 37 heavy (non-hydrogen) atoms. The summed E-state index contributed by atoms with van der Waals surface area (Å²) in [6.45, 7) is 0. The van der Waals surface area contributed by atoms with Crippen molar-refractivity contribution in [2.75, 3.05) is 33.8 Å². The first-order valence-electron chi connectivity index (χ1n) is 11.4. The van der Waals surface area contributed by atoms with Crippen LogP contribution in [0.2, 0.25) is 0 Å². The van der Waals surface area contributed by atoms with Gasteiger partial charge in [-0.05, 0) is 59.9 Å². The van der Waals surface area contributed by atoms with Crippen LogP contribution < -0.4 is 35.0 Å². The smallest absolute Gasteiger partial charge is 0.319 e. The van der Waals surface area contributed by atoms with Crippen LogP contribution in [0.5, 0.6) is 23.0 Å². The molecule has 0 heterocycles. The van der Waals surface area contributed by atoms with Crippen LogP contribution in [0, 0.1) is 11.6 Å². The van der Waals surface area contributed by atoms with Crippen LogP contribution in [0.25, 0.3) is 11.1 Å². The summed E-state index contributed by atoms with van der Waals surface area (Å²) in [5.41, 5.74) is 2.24. The highest BCUT2D eigenvalue weighted by atomic mass is 19.1. The fraction of sp³-hybridized carbons (Fsp3) is 0.259. The zero-order chi connectivity index (χ0) is 26.7. The molecule has 0 bridgehead atoms. The lowest BCUT2D eigenvalue weighted by Crippen LogP contribution is -2.33. The molecule has 0 radical (unpaired) electrons. The molecule has 10 heteroatoms. The maximum atomic E-state index is 13.6. The van der Waals surface area contributed by atoms with Gasteiger partial charge in [0.1, 0.15) is 11.6 Å². The number of rotatable bonds is 6. The average molecular weight is 513 g/mol. The number of fused-ring (bicyclic) bond motifs is 3. The number of halogens is 2. The van der Waals surface area contributed by atoms with Crippen LogP contribution in [0.4, 0.5) is 19.3 Å². The summed E-state index contributed by atoms with van der Waals surface area (Å²) in [6, 6.07) is 7.90. The molecule has 0 spiro atoms. The molecule has 3 aromatic carbocycles. The lowest BCUT2D eigenvalue weighted by atomic mass is 9.95. The molecular formula is C27H26F2N2O6. The van der Waals surface area contributed by atoms with E-state index in [9.17, 15) is 18.4 Å². The minimum atomic E-state index is -0.823. The predicted molar refractivity (Wildman–Crippen MR) is 134 cm³/mol. The molecule has 2 N–H and O–H groups in total. The van der Waals surface area contributed by atoms with Crippen LogP contribution in [0.3, 0.4) is 0 Å². The maximum absolute atomic E-state index is 13.6. The summed E-state index contributed by atoms with van der Waals surface area (Å²) in [4.78, 5) is 25.8. The second kappa shape index (κ2) is 10.7. The van der Waals surface area contributed by atoms with E-state index in [0.29, 0.717) is 52.8 Å². The number of aryl methyl sites for hydroxylation is 1. The molecule has 0 saturated carbocycles. The molecule has 0 fully saturated rings. The van der Waals surface area contributed by atoms with Crippen molar-refractivity contribution in [1.82, 2.24) is 5.32 Å². The van der Waals surface area contributed by atoms with Gasteiger partial charge in [0.05, 0.1) is 34.5 Å². The van der Waals surface area contributed by atoms with Crippen molar-refractivity contribution in [3.05, 3.63) is 75.4 Å². The summed E-state index contributed by atoms with van der Waals surface area (Å²) in [7, 11) is 5.92. The Morgan fingerprint density at radius 1 is 0.865 bits per heavy atom. The summed E-state index contributed by atoms with van der Waals surface area (Å²) in [6.07, 6.45) is 0.880. The number of nitrogens with one attached hydrogen (secondary N) is 2. The Balaban J connectivity index is 1.84. The Morgan fingerprint density at radius 3 is 2.16 bits per heavy atom. The van der Waals surface area contributed by atoms with E-state index in [1.165, 1.54) is 34.5 Å². The third-order valence-electron chi connectivity index (χ3n) is 6.15. The fourth-order valence-corrected chi connectivity index (χ4v) is 4.57. The number of amides is 2. The van der Waals surface area contributed by atoms with Crippen molar-refractivity contribution in [3.8, 4) is 34.1 Å². The highest BCUT2D eigenvalue weighted by molar-refractivity contribution is 5.90. The van der Waals surface area contributed by atoms with Crippen LogP contribution in [0.15, 0.2) is 47.3 Å². The van der Waals surface area contributed by atoms with Gasteiger partial charge < -0.3 is 29.6 Å². The Morgan fingerprint density at radius 2 is 1.54 bits per heavy atom. The Labute approximate surface area is 212 Å². The van der Waals surface area contributed by atoms with E-state index in [1.54, 1.807) is 12.1 Å². The van der Waals surface area contributed by atoms with E-state index < -0.39 is 23.7 Å². The molecule has 4 rings (SSSR count). The molecule has 1 aliphatic carbocycles. The second-order valence-electron chi connectivity index (χ2n) is 8.31. The minimum Gasteiger partial charge on any atom is -0.493 e. The number of hydrogen-bond acceptors (Lipinski definition) is 6. The highest BCUT2D eigenvalue weighted by Crippen LogP contribution is 2.50. The van der Waals surface area contributed by atoms with Gasteiger partial charge in [0, 0.05) is 17.3 Å². The molecular weight excluding hydrogens is 486 g/mol. The molecule has 3 aromatic rings. The number of carbonyl (C=O) groups is 1. The number of urea groups is 1.